The van der Waals surface area contributed by atoms with Gasteiger partial charge < -0.3 is 12.4 Å². The minimum atomic E-state index is 0. The summed E-state index contributed by atoms with van der Waals surface area (Å²) in [4.78, 5) is 0. The predicted octanol–water partition coefficient (Wildman–Crippen LogP) is 0.195. The van der Waals surface area contributed by atoms with E-state index in [0.717, 1.165) is 5.92 Å². The maximum atomic E-state index is 2.30. The summed E-state index contributed by atoms with van der Waals surface area (Å²) in [6.07, 6.45) is 9.67. The molecule has 0 saturated carbocycles. The van der Waals surface area contributed by atoms with E-state index in [-0.39, 0.29) is 12.4 Å². The Hall–Kier alpha value is -0.560. The van der Waals surface area contributed by atoms with E-state index in [4.69, 9.17) is 0 Å². The highest BCUT2D eigenvalue weighted by molar-refractivity contribution is 4.83. The Balaban J connectivity index is 0.00000196. The smallest absolute Gasteiger partial charge is 0.168 e. The molecule has 1 aromatic rings. The highest BCUT2D eigenvalue weighted by Crippen LogP contribution is 2.12. The molecule has 15 heavy (non-hydrogen) atoms. The van der Waals surface area contributed by atoms with Gasteiger partial charge in [0.25, 0.3) is 0 Å². The van der Waals surface area contributed by atoms with Gasteiger partial charge in [0.15, 0.2) is 18.9 Å². The molecule has 0 saturated heterocycles. The van der Waals surface area contributed by atoms with Crippen molar-refractivity contribution in [1.82, 2.24) is 0 Å². The van der Waals surface area contributed by atoms with Gasteiger partial charge in [-0.3, -0.25) is 0 Å². The summed E-state index contributed by atoms with van der Waals surface area (Å²) >= 11 is 0. The summed E-state index contributed by atoms with van der Waals surface area (Å²) in [5.41, 5.74) is 0. The normalized spacial score (nSPS) is 11.9. The summed E-state index contributed by atoms with van der Waals surface area (Å²) in [6.45, 7) is 5.74. The molecule has 0 N–H and O–H groups in total. The van der Waals surface area contributed by atoms with E-state index in [1.807, 2.05) is 0 Å². The van der Waals surface area contributed by atoms with Gasteiger partial charge in [-0.2, -0.15) is 0 Å². The molecule has 1 unspecified atom stereocenters. The Morgan fingerprint density at radius 1 is 1.07 bits per heavy atom. The monoisotopic (exact) mass is 227 g/mol. The van der Waals surface area contributed by atoms with Gasteiger partial charge in [-0.1, -0.05) is 32.8 Å². The Bertz CT molecular complexity index is 236. The summed E-state index contributed by atoms with van der Waals surface area (Å²) in [5, 5.41) is 0. The van der Waals surface area contributed by atoms with Crippen molar-refractivity contribution in [2.45, 2.75) is 46.1 Å². The van der Waals surface area contributed by atoms with E-state index in [1.165, 1.54) is 32.2 Å². The third kappa shape index (κ3) is 5.78. The molecule has 1 nitrogen and oxygen atoms in total. The lowest BCUT2D eigenvalue weighted by Crippen LogP contribution is -3.00. The fourth-order valence-electron chi connectivity index (χ4n) is 1.77. The predicted molar refractivity (Wildman–Crippen MR) is 59.9 cm³/mol. The lowest BCUT2D eigenvalue weighted by molar-refractivity contribution is -0.703. The molecule has 0 amide bonds. The minimum absolute atomic E-state index is 0. The van der Waals surface area contributed by atoms with Crippen LogP contribution in [-0.4, -0.2) is 0 Å². The molecular weight excluding hydrogens is 206 g/mol. The van der Waals surface area contributed by atoms with Crippen LogP contribution in [0.2, 0.25) is 0 Å². The second kappa shape index (κ2) is 8.72. The molecule has 1 aromatic heterocycles. The highest BCUT2D eigenvalue weighted by Gasteiger charge is 2.10. The third-order valence-electron chi connectivity index (χ3n) is 2.79. The molecule has 0 aliphatic heterocycles. The van der Waals surface area contributed by atoms with Gasteiger partial charge in [-0.05, 0) is 12.8 Å². The molecule has 1 heterocycles. The van der Waals surface area contributed by atoms with E-state index in [9.17, 15) is 0 Å². The summed E-state index contributed by atoms with van der Waals surface area (Å²) in [5.74, 6) is 0.849. The second-order valence-electron chi connectivity index (χ2n) is 3.99. The van der Waals surface area contributed by atoms with Crippen LogP contribution in [0.25, 0.3) is 0 Å². The standard InChI is InChI=1S/C13H22N.ClH/c1-3-5-9-13(4-2)12-14-10-7-6-8-11-14;/h6-8,10-11,13H,3-5,9,12H2,1-2H3;1H/q+1;/p-1. The van der Waals surface area contributed by atoms with Crippen LogP contribution in [0.5, 0.6) is 0 Å². The van der Waals surface area contributed by atoms with E-state index >= 15 is 0 Å². The number of halogens is 1. The molecule has 0 aliphatic rings. The molecule has 0 aliphatic carbocycles. The molecule has 0 spiro atoms. The van der Waals surface area contributed by atoms with Crippen molar-refractivity contribution in [2.75, 3.05) is 0 Å². The van der Waals surface area contributed by atoms with E-state index in [0.29, 0.717) is 0 Å². The zero-order chi connectivity index (χ0) is 10.2. The first-order chi connectivity index (χ1) is 6.86. The Kier molecular flexibility index (Phi) is 8.40. The quantitative estimate of drug-likeness (QED) is 0.612. The first-order valence-electron chi connectivity index (χ1n) is 5.80. The first kappa shape index (κ1) is 14.4. The number of pyridine rings is 1. The number of aromatic nitrogens is 1. The number of hydrogen-bond donors (Lipinski definition) is 0. The van der Waals surface area contributed by atoms with Gasteiger partial charge in [0.05, 0.1) is 0 Å². The summed E-state index contributed by atoms with van der Waals surface area (Å²) in [7, 11) is 0. The molecule has 1 atom stereocenters. The van der Waals surface area contributed by atoms with Gasteiger partial charge >= 0.3 is 0 Å². The van der Waals surface area contributed by atoms with Crippen molar-refractivity contribution < 1.29 is 17.0 Å². The van der Waals surface area contributed by atoms with Gasteiger partial charge in [0.2, 0.25) is 0 Å². The molecule has 0 radical (unpaired) electrons. The number of rotatable bonds is 6. The minimum Gasteiger partial charge on any atom is -1.00 e. The SMILES string of the molecule is CCCCC(CC)C[n+]1ccccc1.[Cl-]. The van der Waals surface area contributed by atoms with Crippen molar-refractivity contribution in [2.24, 2.45) is 5.92 Å². The number of hydrogen-bond acceptors (Lipinski definition) is 0. The van der Waals surface area contributed by atoms with Gasteiger partial charge in [-0.25, -0.2) is 4.57 Å². The molecule has 0 bridgehead atoms. The van der Waals surface area contributed by atoms with Crippen LogP contribution in [0.15, 0.2) is 30.6 Å². The molecule has 1 rings (SSSR count). The fraction of sp³-hybridized carbons (Fsp3) is 0.615. The largest absolute Gasteiger partial charge is 1.00 e. The van der Waals surface area contributed by atoms with Crippen molar-refractivity contribution >= 4 is 0 Å². The maximum absolute atomic E-state index is 2.30. The number of unbranched alkanes of at least 4 members (excludes halogenated alkanes) is 1. The Morgan fingerprint density at radius 3 is 2.27 bits per heavy atom. The van der Waals surface area contributed by atoms with Crippen LogP contribution in [0, 0.1) is 5.92 Å². The highest BCUT2D eigenvalue weighted by atomic mass is 35.5. The Labute approximate surface area is 99.9 Å². The zero-order valence-electron chi connectivity index (χ0n) is 9.82. The van der Waals surface area contributed by atoms with E-state index in [2.05, 4.69) is 49.0 Å². The van der Waals surface area contributed by atoms with Crippen LogP contribution in [-0.2, 0) is 6.54 Å². The van der Waals surface area contributed by atoms with E-state index < -0.39 is 0 Å². The van der Waals surface area contributed by atoms with Crippen LogP contribution in [0.3, 0.4) is 0 Å². The molecule has 0 aromatic carbocycles. The van der Waals surface area contributed by atoms with Gasteiger partial charge in [0, 0.05) is 18.1 Å². The second-order valence-corrected chi connectivity index (χ2v) is 3.99. The van der Waals surface area contributed by atoms with Crippen molar-refractivity contribution in [3.8, 4) is 0 Å². The zero-order valence-corrected chi connectivity index (χ0v) is 10.6. The van der Waals surface area contributed by atoms with Gasteiger partial charge in [-0.15, -0.1) is 0 Å². The Morgan fingerprint density at radius 2 is 1.73 bits per heavy atom. The first-order valence-corrected chi connectivity index (χ1v) is 5.80. The molecule has 86 valence electrons. The molecule has 0 fully saturated rings. The molecular formula is C13H22ClN. The fourth-order valence-corrected chi connectivity index (χ4v) is 1.77. The average Bonchev–Trinajstić information content (AvgIpc) is 2.25. The lowest BCUT2D eigenvalue weighted by Gasteiger charge is -2.10. The van der Waals surface area contributed by atoms with E-state index in [1.54, 1.807) is 0 Å². The van der Waals surface area contributed by atoms with Crippen molar-refractivity contribution in [3.05, 3.63) is 30.6 Å². The van der Waals surface area contributed by atoms with Crippen LogP contribution >= 0.6 is 0 Å². The number of nitrogens with zero attached hydrogens (tertiary/aromatic N) is 1. The third-order valence-corrected chi connectivity index (χ3v) is 2.79. The van der Waals surface area contributed by atoms with Crippen LogP contribution in [0.1, 0.15) is 39.5 Å². The van der Waals surface area contributed by atoms with Crippen molar-refractivity contribution in [1.29, 1.82) is 0 Å². The topological polar surface area (TPSA) is 3.88 Å². The average molecular weight is 228 g/mol. The van der Waals surface area contributed by atoms with Crippen LogP contribution in [0.4, 0.5) is 0 Å². The van der Waals surface area contributed by atoms with Gasteiger partial charge in [0.1, 0.15) is 0 Å². The van der Waals surface area contributed by atoms with Crippen LogP contribution < -0.4 is 17.0 Å². The summed E-state index contributed by atoms with van der Waals surface area (Å²) in [6, 6.07) is 6.28. The lowest BCUT2D eigenvalue weighted by atomic mass is 9.99. The maximum Gasteiger partial charge on any atom is 0.168 e. The summed E-state index contributed by atoms with van der Waals surface area (Å²) < 4.78 is 2.30. The van der Waals surface area contributed by atoms with Crippen molar-refractivity contribution in [3.63, 3.8) is 0 Å². The molecule has 2 heteroatoms.